The second-order valence-electron chi connectivity index (χ2n) is 17.7. The average molecular weight is 962 g/mol. The standard InChI is InChI=1S/C43H79N9O11S2/c1-34(62-31-36-30-52(51-49-36)15-17-58-19-21-60-23-25-61-24-22-59-20-18-57-16-12-41(2,3)4)44-13-14-45-37(53)27-46-38(54)28-47-39(55)29-48-40(56)32-63-50-35(33-65-43(8,9)10)11-26-64-42(5,6)7/h30,44H,1,11-29,31-33H2,2-10H3,(H,45,53)(H,46,54)(H,47,55)(H,48,56)/b50-35-. The van der Waals surface area contributed by atoms with Crippen LogP contribution in [-0.2, 0) is 65.6 Å². The van der Waals surface area contributed by atoms with Gasteiger partial charge >= 0.3 is 0 Å². The summed E-state index contributed by atoms with van der Waals surface area (Å²) >= 11 is 3.58. The van der Waals surface area contributed by atoms with Crippen LogP contribution in [0.4, 0.5) is 0 Å². The van der Waals surface area contributed by atoms with E-state index < -0.39 is 23.6 Å². The van der Waals surface area contributed by atoms with E-state index in [0.29, 0.717) is 84.0 Å². The number of nitrogens with one attached hydrogen (secondary N) is 5. The fraction of sp³-hybridized carbons (Fsp3) is 0.791. The number of nitrogens with zero attached hydrogens (tertiary/aromatic N) is 4. The molecule has 0 unspecified atom stereocenters. The Hall–Kier alpha value is -3.67. The fourth-order valence-electron chi connectivity index (χ4n) is 4.52. The van der Waals surface area contributed by atoms with Crippen molar-refractivity contribution in [3.8, 4) is 0 Å². The molecule has 374 valence electrons. The van der Waals surface area contributed by atoms with Gasteiger partial charge in [-0.1, -0.05) is 72.7 Å². The second kappa shape index (κ2) is 34.6. The number of thioether (sulfide) groups is 2. The lowest BCUT2D eigenvalue weighted by Crippen LogP contribution is -2.45. The second-order valence-corrected chi connectivity index (χ2v) is 21.4. The van der Waals surface area contributed by atoms with Gasteiger partial charge < -0.3 is 59.8 Å². The molecule has 65 heavy (non-hydrogen) atoms. The van der Waals surface area contributed by atoms with E-state index in [9.17, 15) is 19.2 Å². The highest BCUT2D eigenvalue weighted by Gasteiger charge is 2.16. The van der Waals surface area contributed by atoms with E-state index in [1.165, 1.54) is 0 Å². The maximum atomic E-state index is 12.2. The summed E-state index contributed by atoms with van der Waals surface area (Å²) in [7, 11) is 0. The summed E-state index contributed by atoms with van der Waals surface area (Å²) in [6.45, 7) is 28.3. The summed E-state index contributed by atoms with van der Waals surface area (Å²) in [5.74, 6) is -0.263. The monoisotopic (exact) mass is 962 g/mol. The van der Waals surface area contributed by atoms with Crippen molar-refractivity contribution >= 4 is 52.9 Å². The molecule has 0 aliphatic carbocycles. The van der Waals surface area contributed by atoms with E-state index in [0.717, 1.165) is 30.9 Å². The fourth-order valence-corrected chi connectivity index (χ4v) is 6.27. The molecule has 22 heteroatoms. The lowest BCUT2D eigenvalue weighted by atomic mass is 9.93. The number of rotatable bonds is 38. The molecule has 0 saturated carbocycles. The van der Waals surface area contributed by atoms with Crippen molar-refractivity contribution in [2.45, 2.75) is 97.8 Å². The van der Waals surface area contributed by atoms with Gasteiger partial charge in [-0.05, 0) is 30.6 Å². The highest BCUT2D eigenvalue weighted by atomic mass is 32.2. The summed E-state index contributed by atoms with van der Waals surface area (Å²) in [6.07, 6.45) is 3.51. The third-order valence-electron chi connectivity index (χ3n) is 8.02. The van der Waals surface area contributed by atoms with E-state index in [1.807, 2.05) is 11.8 Å². The topological polar surface area (TPSA) is 236 Å². The molecule has 0 aliphatic heterocycles. The molecule has 1 heterocycles. The van der Waals surface area contributed by atoms with Crippen LogP contribution in [0.2, 0.25) is 0 Å². The van der Waals surface area contributed by atoms with E-state index in [2.05, 4.69) is 111 Å². The molecular formula is C43H79N9O11S2. The van der Waals surface area contributed by atoms with Gasteiger partial charge in [-0.2, -0.15) is 11.8 Å². The first-order valence-electron chi connectivity index (χ1n) is 22.1. The molecule has 0 aromatic carbocycles. The van der Waals surface area contributed by atoms with E-state index in [-0.39, 0.29) is 60.2 Å². The minimum atomic E-state index is -0.580. The van der Waals surface area contributed by atoms with E-state index >= 15 is 0 Å². The predicted octanol–water partition coefficient (Wildman–Crippen LogP) is 2.67. The number of hydrogen-bond acceptors (Lipinski definition) is 17. The van der Waals surface area contributed by atoms with Crippen LogP contribution in [0, 0.1) is 5.41 Å². The van der Waals surface area contributed by atoms with Crippen LogP contribution >= 0.6 is 23.5 Å². The Kier molecular flexibility index (Phi) is 31.6. The van der Waals surface area contributed by atoms with Crippen molar-refractivity contribution in [2.75, 3.05) is 117 Å². The molecule has 0 radical (unpaired) electrons. The molecular weight excluding hydrogens is 883 g/mol. The average Bonchev–Trinajstić information content (AvgIpc) is 3.68. The minimum absolute atomic E-state index is 0.0540. The van der Waals surface area contributed by atoms with Crippen LogP contribution in [0.3, 0.4) is 0 Å². The van der Waals surface area contributed by atoms with Gasteiger partial charge in [0.15, 0.2) is 12.5 Å². The molecule has 0 atom stereocenters. The van der Waals surface area contributed by atoms with Crippen LogP contribution in [0.5, 0.6) is 0 Å². The Morgan fingerprint density at radius 2 is 1.15 bits per heavy atom. The van der Waals surface area contributed by atoms with Gasteiger partial charge in [0, 0.05) is 34.9 Å². The maximum absolute atomic E-state index is 12.2. The third-order valence-corrected chi connectivity index (χ3v) is 10.6. The van der Waals surface area contributed by atoms with Crippen molar-refractivity contribution in [2.24, 2.45) is 10.6 Å². The van der Waals surface area contributed by atoms with Gasteiger partial charge in [0.2, 0.25) is 17.7 Å². The Morgan fingerprint density at radius 3 is 1.69 bits per heavy atom. The number of oxime groups is 1. The quantitative estimate of drug-likeness (QED) is 0.0277. The van der Waals surface area contributed by atoms with Gasteiger partial charge in [0.1, 0.15) is 12.3 Å². The molecule has 20 nitrogen and oxygen atoms in total. The molecule has 0 saturated heterocycles. The molecule has 0 fully saturated rings. The van der Waals surface area contributed by atoms with Crippen molar-refractivity contribution < 1.29 is 52.4 Å². The van der Waals surface area contributed by atoms with Crippen LogP contribution in [0.15, 0.2) is 23.8 Å². The zero-order chi connectivity index (χ0) is 48.4. The van der Waals surface area contributed by atoms with Crippen LogP contribution in [0.1, 0.15) is 80.8 Å². The zero-order valence-electron chi connectivity index (χ0n) is 40.4. The number of carbonyl (C=O) groups excluding carboxylic acids is 4. The summed E-state index contributed by atoms with van der Waals surface area (Å²) in [5, 5.41) is 25.2. The zero-order valence-corrected chi connectivity index (χ0v) is 42.1. The predicted molar refractivity (Wildman–Crippen MR) is 255 cm³/mol. The lowest BCUT2D eigenvalue weighted by Gasteiger charge is -2.20. The highest BCUT2D eigenvalue weighted by Crippen LogP contribution is 2.26. The Morgan fingerprint density at radius 1 is 0.662 bits per heavy atom. The SMILES string of the molecule is C=C(NCCNC(=O)CNC(=O)CNC(=O)CNC(=O)CO/N=C(/CCSC(C)(C)C)CSC(C)(C)C)OCc1cn(CCOCCOCCOCCOCCOCCC(C)(C)C)nn1. The smallest absolute Gasteiger partial charge is 0.261 e. The third kappa shape index (κ3) is 39.2. The van der Waals surface area contributed by atoms with Gasteiger partial charge in [-0.15, -0.1) is 16.9 Å². The van der Waals surface area contributed by atoms with Gasteiger partial charge in [0.25, 0.3) is 5.91 Å². The van der Waals surface area contributed by atoms with Crippen LogP contribution < -0.4 is 26.6 Å². The molecule has 1 aromatic rings. The largest absolute Gasteiger partial charge is 0.473 e. The summed E-state index contributed by atoms with van der Waals surface area (Å²) in [5.41, 5.74) is 1.73. The Labute approximate surface area is 395 Å². The van der Waals surface area contributed by atoms with Crippen molar-refractivity contribution in [1.82, 2.24) is 41.6 Å². The number of ether oxygens (including phenoxy) is 6. The van der Waals surface area contributed by atoms with Crippen molar-refractivity contribution in [3.05, 3.63) is 24.4 Å². The normalized spacial score (nSPS) is 12.1. The number of hydrogen-bond donors (Lipinski definition) is 5. The van der Waals surface area contributed by atoms with Gasteiger partial charge in [-0.25, -0.2) is 4.68 Å². The first kappa shape index (κ1) is 59.3. The number of carbonyl (C=O) groups is 4. The van der Waals surface area contributed by atoms with Gasteiger partial charge in [0.05, 0.1) is 97.5 Å². The van der Waals surface area contributed by atoms with Crippen molar-refractivity contribution in [3.63, 3.8) is 0 Å². The number of amides is 4. The Balaban J connectivity index is 2.06. The van der Waals surface area contributed by atoms with E-state index in [4.69, 9.17) is 33.3 Å². The van der Waals surface area contributed by atoms with Crippen LogP contribution in [0.25, 0.3) is 0 Å². The van der Waals surface area contributed by atoms with Crippen molar-refractivity contribution in [1.29, 1.82) is 0 Å². The lowest BCUT2D eigenvalue weighted by molar-refractivity contribution is -0.130. The molecule has 1 aromatic heterocycles. The first-order valence-corrected chi connectivity index (χ1v) is 24.0. The minimum Gasteiger partial charge on any atom is -0.473 e. The molecule has 0 bridgehead atoms. The highest BCUT2D eigenvalue weighted by molar-refractivity contribution is 8.01. The van der Waals surface area contributed by atoms with Gasteiger partial charge in [-0.3, -0.25) is 19.2 Å². The summed E-state index contributed by atoms with van der Waals surface area (Å²) in [6, 6.07) is 0. The first-order chi connectivity index (χ1) is 30.7. The molecule has 4 amide bonds. The molecule has 1 rings (SSSR count). The molecule has 0 aliphatic rings. The van der Waals surface area contributed by atoms with E-state index in [1.54, 1.807) is 22.6 Å². The van der Waals surface area contributed by atoms with Crippen LogP contribution in [-0.4, -0.2) is 171 Å². The molecule has 5 N–H and O–H groups in total. The number of aromatic nitrogens is 3. The molecule has 0 spiro atoms. The Bertz CT molecular complexity index is 1530. The summed E-state index contributed by atoms with van der Waals surface area (Å²) < 4.78 is 35.1. The summed E-state index contributed by atoms with van der Waals surface area (Å²) in [4.78, 5) is 53.9. The maximum Gasteiger partial charge on any atom is 0.261 e.